The number of carbonyl (C=O) groups is 1. The third-order valence-corrected chi connectivity index (χ3v) is 5.72. The molecule has 0 bridgehead atoms. The Hall–Kier alpha value is -2.44. The highest BCUT2D eigenvalue weighted by Gasteiger charge is 2.17. The molecular weight excluding hydrogens is 344 g/mol. The Labute approximate surface area is 157 Å². The SMILES string of the molecule is CN1CCN(c2nc3ccc(NC(=O)Cc4ccccc4)cc3s2)CC1. The van der Waals surface area contributed by atoms with Crippen LogP contribution >= 0.6 is 11.3 Å². The van der Waals surface area contributed by atoms with E-state index < -0.39 is 0 Å². The smallest absolute Gasteiger partial charge is 0.228 e. The maximum absolute atomic E-state index is 12.3. The molecule has 3 aromatic rings. The van der Waals surface area contributed by atoms with Gasteiger partial charge in [-0.15, -0.1) is 0 Å². The number of rotatable bonds is 4. The van der Waals surface area contributed by atoms with Crippen molar-refractivity contribution in [3.63, 3.8) is 0 Å². The van der Waals surface area contributed by atoms with E-state index >= 15 is 0 Å². The summed E-state index contributed by atoms with van der Waals surface area (Å²) in [6.07, 6.45) is 0.383. The third kappa shape index (κ3) is 3.86. The molecule has 1 amide bonds. The van der Waals surface area contributed by atoms with Crippen molar-refractivity contribution in [2.75, 3.05) is 43.4 Å². The Kier molecular flexibility index (Phi) is 4.86. The van der Waals surface area contributed by atoms with E-state index in [1.165, 1.54) is 0 Å². The van der Waals surface area contributed by atoms with Gasteiger partial charge >= 0.3 is 0 Å². The number of nitrogens with one attached hydrogen (secondary N) is 1. The maximum Gasteiger partial charge on any atom is 0.228 e. The Bertz CT molecular complexity index is 901. The van der Waals surface area contributed by atoms with Crippen LogP contribution in [0.15, 0.2) is 48.5 Å². The minimum absolute atomic E-state index is 0.000596. The largest absolute Gasteiger partial charge is 0.345 e. The summed E-state index contributed by atoms with van der Waals surface area (Å²) in [6.45, 7) is 4.15. The molecule has 1 N–H and O–H groups in total. The second kappa shape index (κ2) is 7.43. The number of nitrogens with zero attached hydrogens (tertiary/aromatic N) is 3. The van der Waals surface area contributed by atoms with Crippen molar-refractivity contribution in [3.05, 3.63) is 54.1 Å². The van der Waals surface area contributed by atoms with Gasteiger partial charge in [0.2, 0.25) is 5.91 Å². The molecule has 0 unspecified atom stereocenters. The summed E-state index contributed by atoms with van der Waals surface area (Å²) in [6, 6.07) is 15.7. The quantitative estimate of drug-likeness (QED) is 0.770. The fourth-order valence-electron chi connectivity index (χ4n) is 3.11. The second-order valence-corrected chi connectivity index (χ2v) is 7.69. The Morgan fingerprint density at radius 1 is 1.12 bits per heavy atom. The highest BCUT2D eigenvalue weighted by molar-refractivity contribution is 7.22. The highest BCUT2D eigenvalue weighted by Crippen LogP contribution is 2.31. The van der Waals surface area contributed by atoms with Gasteiger partial charge in [0.25, 0.3) is 0 Å². The van der Waals surface area contributed by atoms with Gasteiger partial charge in [-0.2, -0.15) is 0 Å². The average molecular weight is 366 g/mol. The predicted octanol–water partition coefficient (Wildman–Crippen LogP) is 3.23. The van der Waals surface area contributed by atoms with Gasteiger partial charge in [0, 0.05) is 31.9 Å². The Morgan fingerprint density at radius 3 is 2.65 bits per heavy atom. The average Bonchev–Trinajstić information content (AvgIpc) is 3.06. The number of piperazine rings is 1. The summed E-state index contributed by atoms with van der Waals surface area (Å²) in [5, 5.41) is 4.07. The van der Waals surface area contributed by atoms with E-state index in [1.54, 1.807) is 11.3 Å². The molecule has 1 saturated heterocycles. The lowest BCUT2D eigenvalue weighted by atomic mass is 10.1. The fourth-order valence-corrected chi connectivity index (χ4v) is 4.17. The zero-order chi connectivity index (χ0) is 17.9. The molecule has 2 heterocycles. The molecule has 1 aliphatic rings. The van der Waals surface area contributed by atoms with Crippen molar-refractivity contribution >= 4 is 38.3 Å². The van der Waals surface area contributed by atoms with E-state index in [1.807, 2.05) is 48.5 Å². The number of carbonyl (C=O) groups excluding carboxylic acids is 1. The number of fused-ring (bicyclic) bond motifs is 1. The molecule has 1 fully saturated rings. The molecule has 0 saturated carbocycles. The zero-order valence-electron chi connectivity index (χ0n) is 14.8. The van der Waals surface area contributed by atoms with Crippen LogP contribution in [0.2, 0.25) is 0 Å². The fraction of sp³-hybridized carbons (Fsp3) is 0.300. The summed E-state index contributed by atoms with van der Waals surface area (Å²) in [5.74, 6) is -0.000596. The first kappa shape index (κ1) is 17.0. The van der Waals surface area contributed by atoms with Crippen LogP contribution in [0.4, 0.5) is 10.8 Å². The maximum atomic E-state index is 12.3. The minimum Gasteiger partial charge on any atom is -0.345 e. The number of benzene rings is 2. The van der Waals surface area contributed by atoms with E-state index in [4.69, 9.17) is 4.98 Å². The Morgan fingerprint density at radius 2 is 1.88 bits per heavy atom. The van der Waals surface area contributed by atoms with Crippen LogP contribution in [0.3, 0.4) is 0 Å². The van der Waals surface area contributed by atoms with Crippen LogP contribution in [-0.4, -0.2) is 49.0 Å². The molecule has 26 heavy (non-hydrogen) atoms. The van der Waals surface area contributed by atoms with Gasteiger partial charge in [0.1, 0.15) is 0 Å². The van der Waals surface area contributed by atoms with Crippen LogP contribution in [0.5, 0.6) is 0 Å². The summed E-state index contributed by atoms with van der Waals surface area (Å²) < 4.78 is 1.11. The van der Waals surface area contributed by atoms with Crippen molar-refractivity contribution in [3.8, 4) is 0 Å². The molecule has 0 aliphatic carbocycles. The van der Waals surface area contributed by atoms with Crippen LogP contribution in [0.25, 0.3) is 10.2 Å². The second-order valence-electron chi connectivity index (χ2n) is 6.68. The van der Waals surface area contributed by atoms with Gasteiger partial charge in [0.15, 0.2) is 5.13 Å². The summed E-state index contributed by atoms with van der Waals surface area (Å²) in [5.41, 5.74) is 2.83. The molecule has 134 valence electrons. The molecule has 4 rings (SSSR count). The van der Waals surface area contributed by atoms with Crippen LogP contribution in [-0.2, 0) is 11.2 Å². The van der Waals surface area contributed by atoms with Gasteiger partial charge in [-0.3, -0.25) is 4.79 Å². The van der Waals surface area contributed by atoms with Crippen molar-refractivity contribution in [2.45, 2.75) is 6.42 Å². The van der Waals surface area contributed by atoms with Crippen molar-refractivity contribution < 1.29 is 4.79 Å². The highest BCUT2D eigenvalue weighted by atomic mass is 32.1. The van der Waals surface area contributed by atoms with Crippen LogP contribution < -0.4 is 10.2 Å². The molecule has 0 radical (unpaired) electrons. The molecule has 5 nitrogen and oxygen atoms in total. The number of likely N-dealkylation sites (N-methyl/N-ethyl adjacent to an activating group) is 1. The number of amides is 1. The first-order chi connectivity index (χ1) is 12.7. The number of anilines is 2. The van der Waals surface area contributed by atoms with E-state index in [-0.39, 0.29) is 5.91 Å². The van der Waals surface area contributed by atoms with E-state index in [0.29, 0.717) is 6.42 Å². The van der Waals surface area contributed by atoms with Gasteiger partial charge in [-0.05, 0) is 30.8 Å². The third-order valence-electron chi connectivity index (χ3n) is 4.64. The zero-order valence-corrected chi connectivity index (χ0v) is 15.6. The summed E-state index contributed by atoms with van der Waals surface area (Å²) in [4.78, 5) is 21.7. The van der Waals surface area contributed by atoms with Gasteiger partial charge < -0.3 is 15.1 Å². The molecule has 0 spiro atoms. The number of aromatic nitrogens is 1. The number of hydrogen-bond donors (Lipinski definition) is 1. The minimum atomic E-state index is -0.000596. The van der Waals surface area contributed by atoms with Gasteiger partial charge in [-0.25, -0.2) is 4.98 Å². The molecule has 2 aromatic carbocycles. The molecular formula is C20H22N4OS. The van der Waals surface area contributed by atoms with Crippen LogP contribution in [0, 0.1) is 0 Å². The van der Waals surface area contributed by atoms with E-state index in [0.717, 1.165) is 52.8 Å². The number of thiazole rings is 1. The lowest BCUT2D eigenvalue weighted by molar-refractivity contribution is -0.115. The van der Waals surface area contributed by atoms with Crippen molar-refractivity contribution in [2.24, 2.45) is 0 Å². The van der Waals surface area contributed by atoms with E-state index in [9.17, 15) is 4.79 Å². The standard InChI is InChI=1S/C20H22N4OS/c1-23-9-11-24(12-10-23)20-22-17-8-7-16(14-18(17)26-20)21-19(25)13-15-5-3-2-4-6-15/h2-8,14H,9-13H2,1H3,(H,21,25). The normalized spacial score (nSPS) is 15.3. The first-order valence-electron chi connectivity index (χ1n) is 8.85. The monoisotopic (exact) mass is 366 g/mol. The number of hydrogen-bond acceptors (Lipinski definition) is 5. The molecule has 1 aliphatic heterocycles. The summed E-state index contributed by atoms with van der Waals surface area (Å²) >= 11 is 1.70. The Balaban J connectivity index is 1.46. The van der Waals surface area contributed by atoms with E-state index in [2.05, 4.69) is 22.2 Å². The van der Waals surface area contributed by atoms with Crippen molar-refractivity contribution in [1.82, 2.24) is 9.88 Å². The first-order valence-corrected chi connectivity index (χ1v) is 9.67. The lowest BCUT2D eigenvalue weighted by Crippen LogP contribution is -2.44. The lowest BCUT2D eigenvalue weighted by Gasteiger charge is -2.31. The van der Waals surface area contributed by atoms with Crippen LogP contribution in [0.1, 0.15) is 5.56 Å². The molecule has 1 aromatic heterocycles. The van der Waals surface area contributed by atoms with Gasteiger partial charge in [0.05, 0.1) is 16.6 Å². The molecule has 6 heteroatoms. The summed E-state index contributed by atoms with van der Waals surface area (Å²) in [7, 11) is 2.15. The van der Waals surface area contributed by atoms with Gasteiger partial charge in [-0.1, -0.05) is 41.7 Å². The topological polar surface area (TPSA) is 48.5 Å². The predicted molar refractivity (Wildman–Crippen MR) is 108 cm³/mol. The molecule has 0 atom stereocenters. The van der Waals surface area contributed by atoms with Crippen molar-refractivity contribution in [1.29, 1.82) is 0 Å².